The summed E-state index contributed by atoms with van der Waals surface area (Å²) in [5, 5.41) is 0. The molecule has 3 nitrogen and oxygen atoms in total. The van der Waals surface area contributed by atoms with Gasteiger partial charge in [-0.2, -0.15) is 0 Å². The van der Waals surface area contributed by atoms with E-state index in [4.69, 9.17) is 11.3 Å². The van der Waals surface area contributed by atoms with Gasteiger partial charge in [0.2, 0.25) is 0 Å². The molecule has 0 fully saturated rings. The second kappa shape index (κ2) is 8.55. The molecule has 0 heterocycles. The van der Waals surface area contributed by atoms with E-state index in [1.54, 1.807) is 0 Å². The van der Waals surface area contributed by atoms with Crippen LogP contribution in [-0.2, 0) is 9.53 Å². The summed E-state index contributed by atoms with van der Waals surface area (Å²) in [5.41, 5.74) is 0. The average Bonchev–Trinajstić information content (AvgIpc) is 2.19. The molecule has 0 aromatic heterocycles. The average molecular weight is 197 g/mol. The Morgan fingerprint density at radius 2 is 2.21 bits per heavy atom. The van der Waals surface area contributed by atoms with Crippen molar-refractivity contribution >= 4 is 5.97 Å². The summed E-state index contributed by atoms with van der Waals surface area (Å²) in [6, 6.07) is 0. The van der Waals surface area contributed by atoms with Crippen LogP contribution in [-0.4, -0.2) is 19.1 Å². The number of ether oxygens (including phenoxy) is 1. The molecule has 1 unspecified atom stereocenters. The van der Waals surface area contributed by atoms with Crippen molar-refractivity contribution in [2.75, 3.05) is 13.2 Å². The first-order valence-electron chi connectivity index (χ1n) is 5.23. The number of carbonyl (C=O) groups is 1. The lowest BCUT2D eigenvalue weighted by Crippen LogP contribution is -2.15. The lowest BCUT2D eigenvalue weighted by molar-refractivity contribution is -0.142. The zero-order chi connectivity index (χ0) is 10.8. The smallest absolute Gasteiger partial charge is 0.387 e. The molecule has 0 aliphatic carbocycles. The van der Waals surface area contributed by atoms with Crippen molar-refractivity contribution in [3.8, 4) is 0 Å². The number of unbranched alkanes of at least 4 members (excludes halogenated alkanes) is 1. The summed E-state index contributed by atoms with van der Waals surface area (Å²) < 4.78 is 4.98. The molecule has 0 radical (unpaired) electrons. The van der Waals surface area contributed by atoms with Crippen LogP contribution in [0.15, 0.2) is 0 Å². The minimum atomic E-state index is -0.394. The Labute approximate surface area is 86.3 Å². The molecule has 14 heavy (non-hydrogen) atoms. The highest BCUT2D eigenvalue weighted by molar-refractivity contribution is 5.73. The molecule has 0 aromatic carbocycles. The third-order valence-electron chi connectivity index (χ3n) is 2.23. The normalized spacial score (nSPS) is 11.8. The van der Waals surface area contributed by atoms with Gasteiger partial charge in [0, 0.05) is 0 Å². The molecule has 0 saturated heterocycles. The van der Waals surface area contributed by atoms with Crippen molar-refractivity contribution in [2.45, 2.75) is 39.5 Å². The Bertz CT molecular complexity index is 196. The Morgan fingerprint density at radius 3 is 2.71 bits per heavy atom. The topological polar surface area (TPSA) is 30.7 Å². The Morgan fingerprint density at radius 1 is 1.50 bits per heavy atom. The van der Waals surface area contributed by atoms with E-state index in [1.807, 2.05) is 0 Å². The molecule has 0 amide bonds. The van der Waals surface area contributed by atoms with E-state index in [9.17, 15) is 4.79 Å². The van der Waals surface area contributed by atoms with Gasteiger partial charge in [-0.1, -0.05) is 33.1 Å². The predicted octanol–water partition coefficient (Wildman–Crippen LogP) is 2.67. The quantitative estimate of drug-likeness (QED) is 0.464. The van der Waals surface area contributed by atoms with Crippen LogP contribution in [0.3, 0.4) is 0 Å². The first-order valence-corrected chi connectivity index (χ1v) is 5.23. The summed E-state index contributed by atoms with van der Waals surface area (Å²) in [5.74, 6) is 0.0691. The minimum absolute atomic E-state index is 0.149. The lowest BCUT2D eigenvalue weighted by Gasteiger charge is -2.13. The maximum atomic E-state index is 10.9. The Kier molecular flexibility index (Phi) is 7.92. The largest absolute Gasteiger partial charge is 0.460 e. The number of carbonyl (C=O) groups excluding carboxylic acids is 1. The predicted molar refractivity (Wildman–Crippen MR) is 55.7 cm³/mol. The highest BCUT2D eigenvalue weighted by Gasteiger charge is 2.10. The van der Waals surface area contributed by atoms with E-state index in [0.29, 0.717) is 12.5 Å². The molecule has 80 valence electrons. The monoisotopic (exact) mass is 197 g/mol. The summed E-state index contributed by atoms with van der Waals surface area (Å²) in [4.78, 5) is 13.9. The molecule has 0 bridgehead atoms. The van der Waals surface area contributed by atoms with Gasteiger partial charge in [0.25, 0.3) is 0 Å². The number of hydrogen-bond donors (Lipinski definition) is 0. The maximum Gasteiger partial charge on any atom is 0.387 e. The fourth-order valence-electron chi connectivity index (χ4n) is 1.22. The minimum Gasteiger partial charge on any atom is -0.460 e. The van der Waals surface area contributed by atoms with Gasteiger partial charge in [0.1, 0.15) is 0 Å². The van der Waals surface area contributed by atoms with Gasteiger partial charge in [0.05, 0.1) is 6.61 Å². The van der Waals surface area contributed by atoms with Crippen LogP contribution in [0.4, 0.5) is 0 Å². The first-order chi connectivity index (χ1) is 6.74. The van der Waals surface area contributed by atoms with Crippen LogP contribution in [0, 0.1) is 12.5 Å². The van der Waals surface area contributed by atoms with E-state index in [-0.39, 0.29) is 6.54 Å². The highest BCUT2D eigenvalue weighted by atomic mass is 16.5. The fourth-order valence-corrected chi connectivity index (χ4v) is 1.22. The summed E-state index contributed by atoms with van der Waals surface area (Å²) in [6.07, 6.45) is 4.50. The van der Waals surface area contributed by atoms with Crippen molar-refractivity contribution in [1.29, 1.82) is 0 Å². The third-order valence-corrected chi connectivity index (χ3v) is 2.23. The highest BCUT2D eigenvalue weighted by Crippen LogP contribution is 2.12. The fraction of sp³-hybridized carbons (Fsp3) is 0.818. The van der Waals surface area contributed by atoms with Gasteiger partial charge >= 0.3 is 12.5 Å². The van der Waals surface area contributed by atoms with E-state index in [0.717, 1.165) is 12.8 Å². The summed E-state index contributed by atoms with van der Waals surface area (Å²) in [7, 11) is 0. The van der Waals surface area contributed by atoms with Crippen molar-refractivity contribution < 1.29 is 9.53 Å². The van der Waals surface area contributed by atoms with Crippen LogP contribution >= 0.6 is 0 Å². The van der Waals surface area contributed by atoms with Gasteiger partial charge in [-0.3, -0.25) is 0 Å². The van der Waals surface area contributed by atoms with Crippen molar-refractivity contribution in [3.63, 3.8) is 0 Å². The Hall–Kier alpha value is -1.04. The van der Waals surface area contributed by atoms with E-state index in [1.165, 1.54) is 12.8 Å². The van der Waals surface area contributed by atoms with Crippen LogP contribution < -0.4 is 0 Å². The van der Waals surface area contributed by atoms with Gasteiger partial charge in [0.15, 0.2) is 0 Å². The summed E-state index contributed by atoms with van der Waals surface area (Å²) in [6.45, 7) is 11.1. The Balaban J connectivity index is 3.61. The van der Waals surface area contributed by atoms with Gasteiger partial charge < -0.3 is 9.58 Å². The van der Waals surface area contributed by atoms with Crippen molar-refractivity contribution in [2.24, 2.45) is 5.92 Å². The molecule has 1 atom stereocenters. The number of hydrogen-bond acceptors (Lipinski definition) is 2. The standard InChI is InChI=1S/C11H19NO2/c1-4-6-7-10(5-2)9-14-11(13)8-12-3/h10H,4-9H2,1-2H3. The van der Waals surface area contributed by atoms with E-state index >= 15 is 0 Å². The lowest BCUT2D eigenvalue weighted by atomic mass is 10.0. The second-order valence-electron chi connectivity index (χ2n) is 3.42. The molecule has 3 heteroatoms. The molecule has 0 saturated carbocycles. The number of nitrogens with zero attached hydrogens (tertiary/aromatic N) is 1. The van der Waals surface area contributed by atoms with Crippen LogP contribution in [0.25, 0.3) is 4.85 Å². The van der Waals surface area contributed by atoms with Gasteiger partial charge in [-0.05, 0) is 12.3 Å². The van der Waals surface area contributed by atoms with Crippen LogP contribution in [0.5, 0.6) is 0 Å². The van der Waals surface area contributed by atoms with Crippen LogP contribution in [0.2, 0.25) is 0 Å². The summed E-state index contributed by atoms with van der Waals surface area (Å²) >= 11 is 0. The van der Waals surface area contributed by atoms with Crippen molar-refractivity contribution in [3.05, 3.63) is 11.4 Å². The molecule has 0 spiro atoms. The molecule has 0 aliphatic heterocycles. The zero-order valence-corrected chi connectivity index (χ0v) is 9.08. The molecule has 0 aromatic rings. The third kappa shape index (κ3) is 6.47. The zero-order valence-electron chi connectivity index (χ0n) is 9.08. The number of rotatable bonds is 7. The van der Waals surface area contributed by atoms with E-state index < -0.39 is 5.97 Å². The molecule has 0 rings (SSSR count). The molecular formula is C11H19NO2. The van der Waals surface area contributed by atoms with Gasteiger partial charge in [-0.15, -0.1) is 0 Å². The van der Waals surface area contributed by atoms with Crippen molar-refractivity contribution in [1.82, 2.24) is 0 Å². The molecular weight excluding hydrogens is 178 g/mol. The van der Waals surface area contributed by atoms with Gasteiger partial charge in [-0.25, -0.2) is 11.4 Å². The number of esters is 1. The van der Waals surface area contributed by atoms with Crippen LogP contribution in [0.1, 0.15) is 39.5 Å². The second-order valence-corrected chi connectivity index (χ2v) is 3.42. The maximum absolute atomic E-state index is 10.9. The first kappa shape index (κ1) is 13.0. The molecule has 0 aliphatic rings. The SMILES string of the molecule is [C-]#[N+]CC(=O)OCC(CC)CCCC. The van der Waals surface area contributed by atoms with E-state index in [2.05, 4.69) is 18.7 Å². The molecule has 0 N–H and O–H groups in total.